The molecule has 3 rings (SSSR count). The van der Waals surface area contributed by atoms with Crippen LogP contribution in [0.2, 0.25) is 0 Å². The van der Waals surface area contributed by atoms with E-state index < -0.39 is 15.8 Å². The first-order chi connectivity index (χ1) is 11.0. The lowest BCUT2D eigenvalue weighted by molar-refractivity contribution is 0.158. The molecule has 1 unspecified atom stereocenters. The highest BCUT2D eigenvalue weighted by molar-refractivity contribution is 7.89. The molecule has 128 valence electrons. The maximum atomic E-state index is 14.3. The molecule has 6 nitrogen and oxygen atoms in total. The Hall–Kier alpha value is -1.38. The molecule has 2 aliphatic heterocycles. The summed E-state index contributed by atoms with van der Waals surface area (Å²) in [6.07, 6.45) is 2.07. The van der Waals surface area contributed by atoms with Gasteiger partial charge in [-0.2, -0.15) is 4.31 Å². The standard InChI is InChI=1S/C15H21FN2O4S/c1-21-13-8-12(16)15(9-14(13)22-2)23(19,20)18-7-6-17-5-3-4-11(17)10-18/h8-9,11H,3-7,10H2,1-2H3. The van der Waals surface area contributed by atoms with Gasteiger partial charge in [0.1, 0.15) is 10.7 Å². The van der Waals surface area contributed by atoms with Gasteiger partial charge in [0.15, 0.2) is 11.5 Å². The van der Waals surface area contributed by atoms with Crippen molar-refractivity contribution >= 4 is 10.0 Å². The van der Waals surface area contributed by atoms with Gasteiger partial charge in [-0.05, 0) is 19.4 Å². The summed E-state index contributed by atoms with van der Waals surface area (Å²) in [5.41, 5.74) is 0. The molecule has 0 bridgehead atoms. The second-order valence-electron chi connectivity index (χ2n) is 5.83. The highest BCUT2D eigenvalue weighted by Gasteiger charge is 2.37. The van der Waals surface area contributed by atoms with Crippen LogP contribution >= 0.6 is 0 Å². The van der Waals surface area contributed by atoms with Crippen LogP contribution in [-0.4, -0.2) is 64.1 Å². The monoisotopic (exact) mass is 344 g/mol. The molecule has 0 saturated carbocycles. The van der Waals surface area contributed by atoms with E-state index in [9.17, 15) is 12.8 Å². The third kappa shape index (κ3) is 2.90. The number of halogens is 1. The van der Waals surface area contributed by atoms with Crippen molar-refractivity contribution < 1.29 is 22.3 Å². The maximum absolute atomic E-state index is 14.3. The van der Waals surface area contributed by atoms with Crippen LogP contribution in [0.1, 0.15) is 12.8 Å². The van der Waals surface area contributed by atoms with Crippen molar-refractivity contribution in [3.63, 3.8) is 0 Å². The Morgan fingerprint density at radius 1 is 1.13 bits per heavy atom. The lowest BCUT2D eigenvalue weighted by Crippen LogP contribution is -2.52. The Morgan fingerprint density at radius 3 is 2.52 bits per heavy atom. The number of nitrogens with zero attached hydrogens (tertiary/aromatic N) is 2. The van der Waals surface area contributed by atoms with Crippen LogP contribution in [0, 0.1) is 5.82 Å². The van der Waals surface area contributed by atoms with E-state index in [-0.39, 0.29) is 22.4 Å². The number of benzene rings is 1. The Balaban J connectivity index is 1.93. The van der Waals surface area contributed by atoms with Crippen molar-refractivity contribution in [3.05, 3.63) is 17.9 Å². The fraction of sp³-hybridized carbons (Fsp3) is 0.600. The van der Waals surface area contributed by atoms with Crippen molar-refractivity contribution in [3.8, 4) is 11.5 Å². The Kier molecular flexibility index (Phi) is 4.48. The topological polar surface area (TPSA) is 59.1 Å². The zero-order valence-electron chi connectivity index (χ0n) is 13.3. The molecule has 2 heterocycles. The fourth-order valence-electron chi connectivity index (χ4n) is 3.35. The number of hydrogen-bond donors (Lipinski definition) is 0. The molecule has 0 amide bonds. The van der Waals surface area contributed by atoms with Gasteiger partial charge >= 0.3 is 0 Å². The van der Waals surface area contributed by atoms with Crippen LogP contribution in [-0.2, 0) is 10.0 Å². The maximum Gasteiger partial charge on any atom is 0.246 e. The van der Waals surface area contributed by atoms with E-state index in [4.69, 9.17) is 9.47 Å². The molecule has 0 aliphatic carbocycles. The van der Waals surface area contributed by atoms with Gasteiger partial charge in [-0.1, -0.05) is 0 Å². The van der Waals surface area contributed by atoms with Crippen molar-refractivity contribution in [2.75, 3.05) is 40.4 Å². The van der Waals surface area contributed by atoms with E-state index in [1.807, 2.05) is 0 Å². The quantitative estimate of drug-likeness (QED) is 0.824. The molecular weight excluding hydrogens is 323 g/mol. The molecule has 1 aromatic carbocycles. The minimum Gasteiger partial charge on any atom is -0.493 e. The van der Waals surface area contributed by atoms with E-state index in [1.165, 1.54) is 24.6 Å². The minimum absolute atomic E-state index is 0.171. The van der Waals surface area contributed by atoms with Gasteiger partial charge in [0.25, 0.3) is 0 Å². The van der Waals surface area contributed by atoms with Gasteiger partial charge in [-0.25, -0.2) is 12.8 Å². The van der Waals surface area contributed by atoms with Crippen LogP contribution < -0.4 is 9.47 Å². The average Bonchev–Trinajstić information content (AvgIpc) is 3.01. The smallest absolute Gasteiger partial charge is 0.246 e. The molecule has 2 saturated heterocycles. The number of hydrogen-bond acceptors (Lipinski definition) is 5. The van der Waals surface area contributed by atoms with Crippen LogP contribution in [0.3, 0.4) is 0 Å². The summed E-state index contributed by atoms with van der Waals surface area (Å²) in [4.78, 5) is 1.94. The number of piperazine rings is 1. The van der Waals surface area contributed by atoms with Crippen LogP contribution in [0.4, 0.5) is 4.39 Å². The average molecular weight is 344 g/mol. The molecule has 23 heavy (non-hydrogen) atoms. The SMILES string of the molecule is COc1cc(F)c(S(=O)(=O)N2CCN3CCCC3C2)cc1OC. The lowest BCUT2D eigenvalue weighted by atomic mass is 10.2. The lowest BCUT2D eigenvalue weighted by Gasteiger charge is -2.36. The predicted molar refractivity (Wildman–Crippen MR) is 82.9 cm³/mol. The first-order valence-electron chi connectivity index (χ1n) is 7.63. The summed E-state index contributed by atoms with van der Waals surface area (Å²) < 4.78 is 51.5. The van der Waals surface area contributed by atoms with Crippen molar-refractivity contribution in [1.82, 2.24) is 9.21 Å². The number of fused-ring (bicyclic) bond motifs is 1. The van der Waals surface area contributed by atoms with E-state index >= 15 is 0 Å². The van der Waals surface area contributed by atoms with Gasteiger partial charge in [-0.3, -0.25) is 4.90 Å². The van der Waals surface area contributed by atoms with Gasteiger partial charge in [0.2, 0.25) is 10.0 Å². The largest absolute Gasteiger partial charge is 0.493 e. The summed E-state index contributed by atoms with van der Waals surface area (Å²) in [5, 5.41) is 0. The second kappa shape index (κ2) is 6.26. The van der Waals surface area contributed by atoms with Crippen LogP contribution in [0.15, 0.2) is 17.0 Å². The van der Waals surface area contributed by atoms with E-state index in [0.717, 1.165) is 25.5 Å². The molecule has 0 spiro atoms. The van der Waals surface area contributed by atoms with E-state index in [0.29, 0.717) is 19.6 Å². The predicted octanol–water partition coefficient (Wildman–Crippen LogP) is 1.31. The highest BCUT2D eigenvalue weighted by atomic mass is 32.2. The number of rotatable bonds is 4. The number of ether oxygens (including phenoxy) is 2. The summed E-state index contributed by atoms with van der Waals surface area (Å²) >= 11 is 0. The zero-order chi connectivity index (χ0) is 16.6. The van der Waals surface area contributed by atoms with Crippen LogP contribution in [0.25, 0.3) is 0 Å². The first-order valence-corrected chi connectivity index (χ1v) is 9.07. The Bertz CT molecular complexity index is 695. The Morgan fingerprint density at radius 2 is 1.83 bits per heavy atom. The minimum atomic E-state index is -3.89. The highest BCUT2D eigenvalue weighted by Crippen LogP contribution is 2.34. The van der Waals surface area contributed by atoms with Crippen molar-refractivity contribution in [2.45, 2.75) is 23.8 Å². The molecule has 2 fully saturated rings. The molecule has 0 aromatic heterocycles. The summed E-state index contributed by atoms with van der Waals surface area (Å²) in [5.74, 6) is -0.451. The van der Waals surface area contributed by atoms with Crippen molar-refractivity contribution in [1.29, 1.82) is 0 Å². The molecular formula is C15H21FN2O4S. The molecule has 0 N–H and O–H groups in total. The molecule has 0 radical (unpaired) electrons. The zero-order valence-corrected chi connectivity index (χ0v) is 14.1. The van der Waals surface area contributed by atoms with E-state index in [1.54, 1.807) is 0 Å². The normalized spacial score (nSPS) is 22.8. The third-order valence-corrected chi connectivity index (χ3v) is 6.49. The Labute approximate surface area is 135 Å². The van der Waals surface area contributed by atoms with Gasteiger partial charge in [0, 0.05) is 37.8 Å². The molecule has 8 heteroatoms. The molecule has 1 aromatic rings. The summed E-state index contributed by atoms with van der Waals surface area (Å²) in [6.45, 7) is 2.50. The number of methoxy groups -OCH3 is 2. The first kappa shape index (κ1) is 16.5. The van der Waals surface area contributed by atoms with E-state index in [2.05, 4.69) is 4.90 Å². The van der Waals surface area contributed by atoms with Gasteiger partial charge in [0.05, 0.1) is 14.2 Å². The number of sulfonamides is 1. The fourth-order valence-corrected chi connectivity index (χ4v) is 4.88. The van der Waals surface area contributed by atoms with Crippen LogP contribution in [0.5, 0.6) is 11.5 Å². The third-order valence-electron chi connectivity index (χ3n) is 4.61. The summed E-state index contributed by atoms with van der Waals surface area (Å²) in [7, 11) is -1.12. The van der Waals surface area contributed by atoms with Gasteiger partial charge in [-0.15, -0.1) is 0 Å². The summed E-state index contributed by atoms with van der Waals surface area (Å²) in [6, 6.07) is 2.49. The second-order valence-corrected chi connectivity index (χ2v) is 7.74. The molecule has 2 aliphatic rings. The van der Waals surface area contributed by atoms with Crippen molar-refractivity contribution in [2.24, 2.45) is 0 Å². The molecule has 1 atom stereocenters. The van der Waals surface area contributed by atoms with Gasteiger partial charge < -0.3 is 9.47 Å².